The molecule has 84 valence electrons. The number of nitrogens with zero attached hydrogens (tertiary/aromatic N) is 2. The number of hydrogen-bond donors (Lipinski definition) is 2. The number of aromatic nitrogens is 2. The molecule has 1 heterocycles. The minimum atomic E-state index is 0.614. The normalized spacial score (nSPS) is 10.1. The first-order valence-corrected chi connectivity index (χ1v) is 5.60. The van der Waals surface area contributed by atoms with Gasteiger partial charge in [0.2, 0.25) is 5.13 Å². The van der Waals surface area contributed by atoms with Crippen LogP contribution in [0.5, 0.6) is 5.75 Å². The molecule has 1 aromatic heterocycles. The molecule has 3 N–H and O–H groups in total. The van der Waals surface area contributed by atoms with E-state index in [-0.39, 0.29) is 0 Å². The molecule has 0 fully saturated rings. The van der Waals surface area contributed by atoms with Crippen LogP contribution >= 0.6 is 11.3 Å². The molecule has 1 aromatic carbocycles. The Bertz CT molecular complexity index is 458. The number of nitrogens with two attached hydrogens (primary N) is 1. The van der Waals surface area contributed by atoms with Crippen molar-refractivity contribution in [2.75, 3.05) is 18.2 Å². The third kappa shape index (κ3) is 2.40. The SMILES string of the molecule is COc1ccc(N)cc1CNc1nncs1. The summed E-state index contributed by atoms with van der Waals surface area (Å²) in [4.78, 5) is 0. The molecular weight excluding hydrogens is 224 g/mol. The second kappa shape index (κ2) is 4.80. The fourth-order valence-corrected chi connectivity index (χ4v) is 1.80. The summed E-state index contributed by atoms with van der Waals surface area (Å²) in [6.45, 7) is 0.614. The highest BCUT2D eigenvalue weighted by atomic mass is 32.1. The van der Waals surface area contributed by atoms with Crippen molar-refractivity contribution in [3.63, 3.8) is 0 Å². The van der Waals surface area contributed by atoms with Crippen LogP contribution < -0.4 is 15.8 Å². The molecular formula is C10H12N4OS. The minimum Gasteiger partial charge on any atom is -0.496 e. The number of nitrogens with one attached hydrogen (secondary N) is 1. The van der Waals surface area contributed by atoms with Gasteiger partial charge >= 0.3 is 0 Å². The molecule has 0 saturated carbocycles. The number of nitrogen functional groups attached to an aromatic ring is 1. The van der Waals surface area contributed by atoms with Gasteiger partial charge in [-0.2, -0.15) is 0 Å². The number of methoxy groups -OCH3 is 1. The van der Waals surface area contributed by atoms with Crippen molar-refractivity contribution in [3.8, 4) is 5.75 Å². The van der Waals surface area contributed by atoms with Crippen LogP contribution in [0, 0.1) is 0 Å². The zero-order valence-electron chi connectivity index (χ0n) is 8.80. The molecule has 0 aliphatic heterocycles. The van der Waals surface area contributed by atoms with Crippen LogP contribution in [0.4, 0.5) is 10.8 Å². The summed E-state index contributed by atoms with van der Waals surface area (Å²) in [7, 11) is 1.64. The zero-order chi connectivity index (χ0) is 11.4. The molecule has 0 aliphatic carbocycles. The monoisotopic (exact) mass is 236 g/mol. The molecule has 16 heavy (non-hydrogen) atoms. The Morgan fingerprint density at radius 3 is 3.06 bits per heavy atom. The van der Waals surface area contributed by atoms with Gasteiger partial charge in [-0.05, 0) is 18.2 Å². The third-order valence-electron chi connectivity index (χ3n) is 2.09. The van der Waals surface area contributed by atoms with Crippen LogP contribution in [0.25, 0.3) is 0 Å². The summed E-state index contributed by atoms with van der Waals surface area (Å²) in [5, 5.41) is 11.6. The molecule has 0 saturated heterocycles. The molecule has 5 nitrogen and oxygen atoms in total. The summed E-state index contributed by atoms with van der Waals surface area (Å²) < 4.78 is 5.24. The number of rotatable bonds is 4. The van der Waals surface area contributed by atoms with Crippen molar-refractivity contribution in [1.82, 2.24) is 10.2 Å². The van der Waals surface area contributed by atoms with E-state index in [1.807, 2.05) is 18.2 Å². The van der Waals surface area contributed by atoms with Gasteiger partial charge in [-0.3, -0.25) is 0 Å². The highest BCUT2D eigenvalue weighted by molar-refractivity contribution is 7.13. The van der Waals surface area contributed by atoms with Crippen LogP contribution in [0.15, 0.2) is 23.7 Å². The van der Waals surface area contributed by atoms with Crippen molar-refractivity contribution in [1.29, 1.82) is 0 Å². The molecule has 0 radical (unpaired) electrons. The number of benzene rings is 1. The van der Waals surface area contributed by atoms with Gasteiger partial charge in [0, 0.05) is 17.8 Å². The van der Waals surface area contributed by atoms with E-state index >= 15 is 0 Å². The van der Waals surface area contributed by atoms with E-state index in [9.17, 15) is 0 Å². The van der Waals surface area contributed by atoms with Gasteiger partial charge in [0.25, 0.3) is 0 Å². The van der Waals surface area contributed by atoms with Crippen LogP contribution in [0.1, 0.15) is 5.56 Å². The lowest BCUT2D eigenvalue weighted by Crippen LogP contribution is -2.02. The fraction of sp³-hybridized carbons (Fsp3) is 0.200. The van der Waals surface area contributed by atoms with E-state index in [1.165, 1.54) is 11.3 Å². The van der Waals surface area contributed by atoms with E-state index in [1.54, 1.807) is 12.6 Å². The summed E-state index contributed by atoms with van der Waals surface area (Å²) in [5.41, 5.74) is 9.12. The van der Waals surface area contributed by atoms with Crippen molar-refractivity contribution in [2.24, 2.45) is 0 Å². The first-order chi connectivity index (χ1) is 7.79. The fourth-order valence-electron chi connectivity index (χ4n) is 1.36. The predicted molar refractivity (Wildman–Crippen MR) is 64.6 cm³/mol. The summed E-state index contributed by atoms with van der Waals surface area (Å²) >= 11 is 1.45. The van der Waals surface area contributed by atoms with Crippen molar-refractivity contribution in [3.05, 3.63) is 29.3 Å². The summed E-state index contributed by atoms with van der Waals surface area (Å²) in [6.07, 6.45) is 0. The van der Waals surface area contributed by atoms with Crippen LogP contribution in [0.3, 0.4) is 0 Å². The topological polar surface area (TPSA) is 73.1 Å². The average molecular weight is 236 g/mol. The van der Waals surface area contributed by atoms with Gasteiger partial charge in [-0.1, -0.05) is 11.3 Å². The van der Waals surface area contributed by atoms with E-state index in [2.05, 4.69) is 15.5 Å². The molecule has 0 amide bonds. The van der Waals surface area contributed by atoms with Gasteiger partial charge in [-0.15, -0.1) is 10.2 Å². The third-order valence-corrected chi connectivity index (χ3v) is 2.74. The maximum Gasteiger partial charge on any atom is 0.205 e. The molecule has 0 spiro atoms. The molecule has 2 aromatic rings. The average Bonchev–Trinajstić information content (AvgIpc) is 2.79. The second-order valence-corrected chi connectivity index (χ2v) is 4.00. The largest absolute Gasteiger partial charge is 0.496 e. The maximum absolute atomic E-state index is 5.72. The van der Waals surface area contributed by atoms with Gasteiger partial charge in [0.15, 0.2) is 0 Å². The van der Waals surface area contributed by atoms with E-state index in [0.717, 1.165) is 22.1 Å². The highest BCUT2D eigenvalue weighted by Crippen LogP contribution is 2.22. The first-order valence-electron chi connectivity index (χ1n) is 4.72. The zero-order valence-corrected chi connectivity index (χ0v) is 9.62. The Labute approximate surface area is 97.3 Å². The molecule has 0 bridgehead atoms. The second-order valence-electron chi connectivity index (χ2n) is 3.17. The molecule has 0 atom stereocenters. The molecule has 0 aliphatic rings. The van der Waals surface area contributed by atoms with E-state index in [4.69, 9.17) is 10.5 Å². The van der Waals surface area contributed by atoms with Crippen molar-refractivity contribution >= 4 is 22.2 Å². The molecule has 2 rings (SSSR count). The van der Waals surface area contributed by atoms with Crippen molar-refractivity contribution in [2.45, 2.75) is 6.54 Å². The lowest BCUT2D eigenvalue weighted by Gasteiger charge is -2.09. The number of hydrogen-bond acceptors (Lipinski definition) is 6. The Kier molecular flexibility index (Phi) is 3.21. The van der Waals surface area contributed by atoms with Gasteiger partial charge in [0.1, 0.15) is 11.3 Å². The summed E-state index contributed by atoms with van der Waals surface area (Å²) in [6, 6.07) is 5.55. The Morgan fingerprint density at radius 1 is 1.50 bits per heavy atom. The Morgan fingerprint density at radius 2 is 2.38 bits per heavy atom. The van der Waals surface area contributed by atoms with Crippen LogP contribution in [0.2, 0.25) is 0 Å². The highest BCUT2D eigenvalue weighted by Gasteiger charge is 2.04. The predicted octanol–water partition coefficient (Wildman–Crippen LogP) is 1.74. The smallest absolute Gasteiger partial charge is 0.205 e. The first kappa shape index (κ1) is 10.7. The lowest BCUT2D eigenvalue weighted by atomic mass is 10.2. The molecule has 6 heteroatoms. The van der Waals surface area contributed by atoms with Gasteiger partial charge in [-0.25, -0.2) is 0 Å². The Balaban J connectivity index is 2.11. The Hall–Kier alpha value is -1.82. The van der Waals surface area contributed by atoms with Crippen molar-refractivity contribution < 1.29 is 4.74 Å². The van der Waals surface area contributed by atoms with E-state index < -0.39 is 0 Å². The van der Waals surface area contributed by atoms with Crippen LogP contribution in [-0.4, -0.2) is 17.3 Å². The van der Waals surface area contributed by atoms with E-state index in [0.29, 0.717) is 6.54 Å². The summed E-state index contributed by atoms with van der Waals surface area (Å²) in [5.74, 6) is 0.811. The van der Waals surface area contributed by atoms with Gasteiger partial charge < -0.3 is 15.8 Å². The number of anilines is 2. The lowest BCUT2D eigenvalue weighted by molar-refractivity contribution is 0.410. The standard InChI is InChI=1S/C10H12N4OS/c1-15-9-3-2-8(11)4-7(9)5-12-10-14-13-6-16-10/h2-4,6H,5,11H2,1H3,(H,12,14). The van der Waals surface area contributed by atoms with Gasteiger partial charge in [0.05, 0.1) is 7.11 Å². The maximum atomic E-state index is 5.72. The minimum absolute atomic E-state index is 0.614. The van der Waals surface area contributed by atoms with Crippen LogP contribution in [-0.2, 0) is 6.54 Å². The quantitative estimate of drug-likeness (QED) is 0.791. The molecule has 0 unspecified atom stereocenters. The number of ether oxygens (including phenoxy) is 1.